The van der Waals surface area contributed by atoms with Gasteiger partial charge in [0.1, 0.15) is 5.79 Å². The van der Waals surface area contributed by atoms with Gasteiger partial charge in [0, 0.05) is 11.5 Å². The van der Waals surface area contributed by atoms with E-state index in [9.17, 15) is 0 Å². The topological polar surface area (TPSA) is 18.5 Å². The van der Waals surface area contributed by atoms with Crippen LogP contribution in [0.2, 0.25) is 0 Å². The molecule has 2 aliphatic heterocycles. The molecule has 0 N–H and O–H groups in total. The van der Waals surface area contributed by atoms with Crippen molar-refractivity contribution in [2.75, 3.05) is 24.7 Å². The van der Waals surface area contributed by atoms with Gasteiger partial charge in [0.15, 0.2) is 0 Å². The Labute approximate surface area is 125 Å². The first-order valence-corrected chi connectivity index (χ1v) is 7.20. The SMILES string of the molecule is [CH-]1CC2(CCC13SCCS3)OCCO2.[Y+3]. The Kier molecular flexibility index (Phi) is 4.52. The summed E-state index contributed by atoms with van der Waals surface area (Å²) in [5, 5.41) is 0. The van der Waals surface area contributed by atoms with Crippen LogP contribution in [-0.2, 0) is 42.2 Å². The fraction of sp³-hybridized carbons (Fsp3) is 0.900. The van der Waals surface area contributed by atoms with Crippen molar-refractivity contribution in [1.82, 2.24) is 0 Å². The van der Waals surface area contributed by atoms with E-state index in [-0.39, 0.29) is 38.5 Å². The van der Waals surface area contributed by atoms with Crippen molar-refractivity contribution in [2.45, 2.75) is 29.1 Å². The number of rotatable bonds is 0. The zero-order chi connectivity index (χ0) is 9.49. The Balaban J connectivity index is 0.000000853. The van der Waals surface area contributed by atoms with Crippen LogP contribution in [0.4, 0.5) is 0 Å². The molecular formula is C10H15O2S2Y+2. The second kappa shape index (κ2) is 5.15. The molecule has 1 saturated carbocycles. The maximum atomic E-state index is 5.71. The van der Waals surface area contributed by atoms with E-state index in [1.165, 1.54) is 17.9 Å². The van der Waals surface area contributed by atoms with E-state index < -0.39 is 0 Å². The molecule has 2 heterocycles. The summed E-state index contributed by atoms with van der Waals surface area (Å²) >= 11 is 4.21. The van der Waals surface area contributed by atoms with Crippen LogP contribution in [-0.4, -0.2) is 34.6 Å². The Morgan fingerprint density at radius 1 is 1.00 bits per heavy atom. The first kappa shape index (κ1) is 13.2. The number of hydrogen-bond donors (Lipinski definition) is 0. The monoisotopic (exact) mass is 320 g/mol. The molecule has 0 amide bonds. The minimum Gasteiger partial charge on any atom is -0.350 e. The number of hydrogen-bond acceptors (Lipinski definition) is 4. The largest absolute Gasteiger partial charge is 3.00 e. The van der Waals surface area contributed by atoms with Gasteiger partial charge in [-0.2, -0.15) is 23.5 Å². The normalized spacial score (nSPS) is 32.0. The van der Waals surface area contributed by atoms with Gasteiger partial charge in [-0.05, 0) is 6.42 Å². The van der Waals surface area contributed by atoms with E-state index in [4.69, 9.17) is 9.47 Å². The van der Waals surface area contributed by atoms with Gasteiger partial charge in [0.2, 0.25) is 0 Å². The molecule has 1 aliphatic carbocycles. The minimum atomic E-state index is -0.227. The van der Waals surface area contributed by atoms with Crippen LogP contribution < -0.4 is 0 Å². The Morgan fingerprint density at radius 3 is 2.20 bits per heavy atom. The molecule has 0 aromatic rings. The average Bonchev–Trinajstić information content (AvgIpc) is 2.81. The summed E-state index contributed by atoms with van der Waals surface area (Å²) in [7, 11) is 0. The van der Waals surface area contributed by atoms with Gasteiger partial charge in [0.25, 0.3) is 0 Å². The van der Waals surface area contributed by atoms with Gasteiger partial charge >= 0.3 is 32.7 Å². The summed E-state index contributed by atoms with van der Waals surface area (Å²) < 4.78 is 11.8. The number of thioether (sulfide) groups is 2. The standard InChI is InChI=1S/C10H15O2S2.Y/c1-3-10(13-7-8-14-10)4-2-9(1)11-5-6-12-9;/h3H,1-2,4-8H2;/q-1;+3. The zero-order valence-corrected chi connectivity index (χ0v) is 13.2. The van der Waals surface area contributed by atoms with Crippen LogP contribution in [0.1, 0.15) is 19.3 Å². The maximum Gasteiger partial charge on any atom is 3.00 e. The van der Waals surface area contributed by atoms with Crippen molar-refractivity contribution >= 4 is 23.5 Å². The summed E-state index contributed by atoms with van der Waals surface area (Å²) in [4.78, 5) is 0. The Morgan fingerprint density at radius 2 is 1.67 bits per heavy atom. The molecular weight excluding hydrogens is 305 g/mol. The van der Waals surface area contributed by atoms with Gasteiger partial charge in [-0.1, -0.05) is 10.5 Å². The third kappa shape index (κ3) is 2.60. The second-order valence-electron chi connectivity index (χ2n) is 4.02. The molecule has 0 bridgehead atoms. The van der Waals surface area contributed by atoms with Crippen molar-refractivity contribution in [3.8, 4) is 0 Å². The first-order chi connectivity index (χ1) is 6.83. The molecule has 0 radical (unpaired) electrons. The molecule has 5 heteroatoms. The molecule has 0 aromatic carbocycles. The van der Waals surface area contributed by atoms with Crippen LogP contribution in [0.3, 0.4) is 0 Å². The second-order valence-corrected chi connectivity index (χ2v) is 7.13. The van der Waals surface area contributed by atoms with Crippen molar-refractivity contribution in [1.29, 1.82) is 0 Å². The van der Waals surface area contributed by atoms with Crippen molar-refractivity contribution < 1.29 is 42.2 Å². The zero-order valence-electron chi connectivity index (χ0n) is 8.74. The molecule has 3 aliphatic rings. The molecule has 0 unspecified atom stereocenters. The molecule has 0 atom stereocenters. The van der Waals surface area contributed by atoms with E-state index in [1.54, 1.807) is 0 Å². The van der Waals surface area contributed by atoms with Crippen LogP contribution in [0.15, 0.2) is 0 Å². The van der Waals surface area contributed by atoms with Crippen LogP contribution in [0.25, 0.3) is 0 Å². The summed E-state index contributed by atoms with van der Waals surface area (Å²) in [6.45, 7) is 1.56. The Hall–Kier alpha value is 1.72. The third-order valence-electron chi connectivity index (χ3n) is 3.17. The van der Waals surface area contributed by atoms with E-state index in [1.807, 2.05) is 0 Å². The van der Waals surface area contributed by atoms with Crippen molar-refractivity contribution in [3.05, 3.63) is 6.42 Å². The minimum absolute atomic E-state index is 0. The molecule has 2 nitrogen and oxygen atoms in total. The molecule has 3 fully saturated rings. The van der Waals surface area contributed by atoms with Gasteiger partial charge < -0.3 is 9.47 Å². The van der Waals surface area contributed by atoms with E-state index in [0.29, 0.717) is 4.08 Å². The quantitative estimate of drug-likeness (QED) is 0.637. The molecule has 2 saturated heterocycles. The number of ether oxygens (including phenoxy) is 2. The molecule has 2 spiro atoms. The molecule has 3 rings (SSSR count). The summed E-state index contributed by atoms with van der Waals surface area (Å²) in [6.07, 6.45) is 5.70. The van der Waals surface area contributed by atoms with Crippen LogP contribution >= 0.6 is 23.5 Å². The summed E-state index contributed by atoms with van der Waals surface area (Å²) in [5.41, 5.74) is 0. The van der Waals surface area contributed by atoms with Crippen LogP contribution in [0, 0.1) is 6.42 Å². The van der Waals surface area contributed by atoms with E-state index in [2.05, 4.69) is 29.9 Å². The van der Waals surface area contributed by atoms with Gasteiger partial charge in [-0.25, -0.2) is 0 Å². The molecule has 80 valence electrons. The molecule has 0 aromatic heterocycles. The third-order valence-corrected chi connectivity index (χ3v) is 6.67. The smallest absolute Gasteiger partial charge is 0.350 e. The Bertz CT molecular complexity index is 189. The molecule has 15 heavy (non-hydrogen) atoms. The predicted molar refractivity (Wildman–Crippen MR) is 60.4 cm³/mol. The van der Waals surface area contributed by atoms with E-state index >= 15 is 0 Å². The first-order valence-electron chi connectivity index (χ1n) is 5.23. The van der Waals surface area contributed by atoms with Crippen molar-refractivity contribution in [3.63, 3.8) is 0 Å². The van der Waals surface area contributed by atoms with Crippen molar-refractivity contribution in [2.24, 2.45) is 0 Å². The summed E-state index contributed by atoms with van der Waals surface area (Å²) in [5.74, 6) is 2.38. The average molecular weight is 320 g/mol. The van der Waals surface area contributed by atoms with E-state index in [0.717, 1.165) is 26.1 Å². The van der Waals surface area contributed by atoms with Gasteiger partial charge in [-0.3, -0.25) is 6.42 Å². The van der Waals surface area contributed by atoms with Crippen LogP contribution in [0.5, 0.6) is 0 Å². The van der Waals surface area contributed by atoms with Gasteiger partial charge in [0.05, 0.1) is 13.2 Å². The fourth-order valence-corrected chi connectivity index (χ4v) is 5.46. The predicted octanol–water partition coefficient (Wildman–Crippen LogP) is 2.29. The summed E-state index contributed by atoms with van der Waals surface area (Å²) in [6, 6.07) is 0. The maximum absolute atomic E-state index is 5.71. The van der Waals surface area contributed by atoms with Gasteiger partial charge in [-0.15, -0.1) is 6.42 Å². The fourth-order valence-electron chi connectivity index (χ4n) is 2.37.